The number of alkyl halides is 1. The van der Waals surface area contributed by atoms with Crippen LogP contribution in [-0.4, -0.2) is 22.3 Å². The van der Waals surface area contributed by atoms with Gasteiger partial charge in [-0.3, -0.25) is 0 Å². The highest BCUT2D eigenvalue weighted by molar-refractivity contribution is 9.09. The van der Waals surface area contributed by atoms with Crippen molar-refractivity contribution in [1.82, 2.24) is 9.97 Å². The first-order chi connectivity index (χ1) is 5.86. The Hall–Kier alpha value is -1.08. The number of nitrogens with one attached hydrogen (secondary N) is 1. The summed E-state index contributed by atoms with van der Waals surface area (Å²) in [6.45, 7) is 0. The fourth-order valence-electron chi connectivity index (χ4n) is 0.657. The van der Waals surface area contributed by atoms with Gasteiger partial charge in [0.1, 0.15) is 0 Å². The van der Waals surface area contributed by atoms with Crippen LogP contribution in [0.2, 0.25) is 0 Å². The third-order valence-electron chi connectivity index (χ3n) is 1.17. The van der Waals surface area contributed by atoms with Gasteiger partial charge in [-0.15, -0.1) is 0 Å². The fourth-order valence-corrected chi connectivity index (χ4v) is 0.797. The van der Waals surface area contributed by atoms with Crippen LogP contribution in [0, 0.1) is 11.8 Å². The topological polar surface area (TPSA) is 37.8 Å². The lowest BCUT2D eigenvalue weighted by molar-refractivity contribution is 1.14. The van der Waals surface area contributed by atoms with Gasteiger partial charge in [0.15, 0.2) is 0 Å². The molecule has 1 aromatic heterocycles. The number of anilines is 1. The van der Waals surface area contributed by atoms with Crippen LogP contribution >= 0.6 is 15.9 Å². The number of aromatic nitrogens is 2. The third-order valence-corrected chi connectivity index (χ3v) is 1.46. The van der Waals surface area contributed by atoms with E-state index in [1.807, 2.05) is 0 Å². The third kappa shape index (κ3) is 2.51. The second-order valence-corrected chi connectivity index (χ2v) is 2.54. The Balaban J connectivity index is 2.78. The lowest BCUT2D eigenvalue weighted by atomic mass is 10.3. The van der Waals surface area contributed by atoms with E-state index in [1.54, 1.807) is 19.4 Å². The standard InChI is InChI=1S/C8H8BrN3/c1-10-8-11-5-7(6-12-8)3-2-4-9/h5-6H,4H2,1H3,(H,10,11,12). The molecule has 1 aromatic rings. The van der Waals surface area contributed by atoms with E-state index in [0.29, 0.717) is 11.3 Å². The predicted octanol–water partition coefficient (Wildman–Crippen LogP) is 1.26. The second-order valence-electron chi connectivity index (χ2n) is 1.98. The number of hydrogen-bond donors (Lipinski definition) is 1. The van der Waals surface area contributed by atoms with Gasteiger partial charge < -0.3 is 5.32 Å². The van der Waals surface area contributed by atoms with Crippen molar-refractivity contribution < 1.29 is 0 Å². The maximum Gasteiger partial charge on any atom is 0.222 e. The highest BCUT2D eigenvalue weighted by Gasteiger charge is 1.90. The quantitative estimate of drug-likeness (QED) is 0.578. The predicted molar refractivity (Wildman–Crippen MR) is 52.3 cm³/mol. The molecule has 0 aliphatic rings. The van der Waals surface area contributed by atoms with Crippen molar-refractivity contribution in [2.24, 2.45) is 0 Å². The Morgan fingerprint density at radius 1 is 1.50 bits per heavy atom. The van der Waals surface area contributed by atoms with Crippen LogP contribution in [0.5, 0.6) is 0 Å². The Morgan fingerprint density at radius 2 is 2.17 bits per heavy atom. The molecule has 0 fully saturated rings. The summed E-state index contributed by atoms with van der Waals surface area (Å²) in [5.74, 6) is 6.37. The van der Waals surface area contributed by atoms with Crippen molar-refractivity contribution >= 4 is 21.9 Å². The van der Waals surface area contributed by atoms with Crippen LogP contribution in [0.3, 0.4) is 0 Å². The first-order valence-electron chi connectivity index (χ1n) is 3.41. The molecule has 4 heteroatoms. The van der Waals surface area contributed by atoms with E-state index in [1.165, 1.54) is 0 Å². The van der Waals surface area contributed by atoms with Gasteiger partial charge in [0.25, 0.3) is 0 Å². The Bertz CT molecular complexity index is 296. The molecular formula is C8H8BrN3. The Morgan fingerprint density at radius 3 is 2.67 bits per heavy atom. The van der Waals surface area contributed by atoms with Gasteiger partial charge in [-0.05, 0) is 0 Å². The minimum absolute atomic E-state index is 0.611. The average molecular weight is 226 g/mol. The molecule has 1 N–H and O–H groups in total. The smallest absolute Gasteiger partial charge is 0.222 e. The molecule has 0 atom stereocenters. The Labute approximate surface area is 79.7 Å². The lowest BCUT2D eigenvalue weighted by Crippen LogP contribution is -1.95. The zero-order chi connectivity index (χ0) is 8.81. The summed E-state index contributed by atoms with van der Waals surface area (Å²) in [5.41, 5.74) is 0.827. The highest BCUT2D eigenvalue weighted by Crippen LogP contribution is 1.96. The van der Waals surface area contributed by atoms with E-state index < -0.39 is 0 Å². The molecule has 3 nitrogen and oxygen atoms in total. The summed E-state index contributed by atoms with van der Waals surface area (Å²) >= 11 is 3.21. The van der Waals surface area contributed by atoms with Gasteiger partial charge in [-0.1, -0.05) is 27.8 Å². The average Bonchev–Trinajstić information content (AvgIpc) is 2.15. The molecule has 1 rings (SSSR count). The van der Waals surface area contributed by atoms with Crippen molar-refractivity contribution in [3.8, 4) is 11.8 Å². The molecule has 12 heavy (non-hydrogen) atoms. The minimum atomic E-state index is 0.611. The van der Waals surface area contributed by atoms with Crippen molar-refractivity contribution in [2.75, 3.05) is 17.7 Å². The van der Waals surface area contributed by atoms with E-state index in [0.717, 1.165) is 5.56 Å². The van der Waals surface area contributed by atoms with E-state index in [-0.39, 0.29) is 0 Å². The molecule has 0 bridgehead atoms. The summed E-state index contributed by atoms with van der Waals surface area (Å²) in [6.07, 6.45) is 3.38. The number of halogens is 1. The molecular weight excluding hydrogens is 218 g/mol. The van der Waals surface area contributed by atoms with E-state index >= 15 is 0 Å². The van der Waals surface area contributed by atoms with Crippen molar-refractivity contribution in [1.29, 1.82) is 0 Å². The summed E-state index contributed by atoms with van der Waals surface area (Å²) in [7, 11) is 1.78. The van der Waals surface area contributed by atoms with Crippen molar-refractivity contribution in [3.63, 3.8) is 0 Å². The maximum absolute atomic E-state index is 4.01. The molecule has 0 aromatic carbocycles. The van der Waals surface area contributed by atoms with Crippen LogP contribution in [0.4, 0.5) is 5.95 Å². The highest BCUT2D eigenvalue weighted by atomic mass is 79.9. The monoisotopic (exact) mass is 225 g/mol. The van der Waals surface area contributed by atoms with Crippen LogP contribution < -0.4 is 5.32 Å². The summed E-state index contributed by atoms with van der Waals surface area (Å²) in [6, 6.07) is 0. The first kappa shape index (κ1) is 9.01. The van der Waals surface area contributed by atoms with Gasteiger partial charge in [0, 0.05) is 19.4 Å². The van der Waals surface area contributed by atoms with Crippen LogP contribution in [0.25, 0.3) is 0 Å². The van der Waals surface area contributed by atoms with Crippen LogP contribution in [0.1, 0.15) is 5.56 Å². The molecule has 62 valence electrons. The molecule has 0 aliphatic carbocycles. The molecule has 1 heterocycles. The Kier molecular flexibility index (Phi) is 3.55. The van der Waals surface area contributed by atoms with Gasteiger partial charge in [0.05, 0.1) is 10.9 Å². The molecule has 0 radical (unpaired) electrons. The van der Waals surface area contributed by atoms with Crippen molar-refractivity contribution in [2.45, 2.75) is 0 Å². The van der Waals surface area contributed by atoms with Gasteiger partial charge in [-0.25, -0.2) is 9.97 Å². The summed E-state index contributed by atoms with van der Waals surface area (Å²) in [4.78, 5) is 8.02. The van der Waals surface area contributed by atoms with Gasteiger partial charge in [0.2, 0.25) is 5.95 Å². The van der Waals surface area contributed by atoms with E-state index in [2.05, 4.69) is 43.1 Å². The summed E-state index contributed by atoms with van der Waals surface area (Å²) < 4.78 is 0. The molecule has 0 amide bonds. The van der Waals surface area contributed by atoms with Crippen LogP contribution in [-0.2, 0) is 0 Å². The molecule has 0 aliphatic heterocycles. The lowest BCUT2D eigenvalue weighted by Gasteiger charge is -1.94. The molecule has 0 saturated heterocycles. The molecule has 0 unspecified atom stereocenters. The number of nitrogens with zero attached hydrogens (tertiary/aromatic N) is 2. The van der Waals surface area contributed by atoms with Crippen molar-refractivity contribution in [3.05, 3.63) is 18.0 Å². The first-order valence-corrected chi connectivity index (χ1v) is 4.53. The largest absolute Gasteiger partial charge is 0.357 e. The zero-order valence-corrected chi connectivity index (χ0v) is 8.22. The number of hydrogen-bond acceptors (Lipinski definition) is 3. The fraction of sp³-hybridized carbons (Fsp3) is 0.250. The number of rotatable bonds is 1. The second kappa shape index (κ2) is 4.73. The van der Waals surface area contributed by atoms with Crippen LogP contribution in [0.15, 0.2) is 12.4 Å². The molecule has 0 saturated carbocycles. The zero-order valence-electron chi connectivity index (χ0n) is 6.63. The minimum Gasteiger partial charge on any atom is -0.357 e. The van der Waals surface area contributed by atoms with Gasteiger partial charge >= 0.3 is 0 Å². The van der Waals surface area contributed by atoms with E-state index in [4.69, 9.17) is 0 Å². The maximum atomic E-state index is 4.01. The summed E-state index contributed by atoms with van der Waals surface area (Å²) in [5, 5.41) is 3.50. The van der Waals surface area contributed by atoms with E-state index in [9.17, 15) is 0 Å². The SMILES string of the molecule is CNc1ncc(C#CCBr)cn1. The van der Waals surface area contributed by atoms with Gasteiger partial charge in [-0.2, -0.15) is 0 Å². The molecule has 0 spiro atoms. The normalized spacial score (nSPS) is 8.50.